The molecule has 158 valence electrons. The van der Waals surface area contributed by atoms with Gasteiger partial charge >= 0.3 is 12.1 Å². The van der Waals surface area contributed by atoms with E-state index >= 15 is 0 Å². The summed E-state index contributed by atoms with van der Waals surface area (Å²) in [4.78, 5) is 16.8. The Hall–Kier alpha value is -3.00. The van der Waals surface area contributed by atoms with E-state index in [1.54, 1.807) is 12.1 Å². The van der Waals surface area contributed by atoms with Gasteiger partial charge in [0.1, 0.15) is 0 Å². The molecular weight excluding hydrogens is 393 g/mol. The van der Waals surface area contributed by atoms with Crippen molar-refractivity contribution in [3.63, 3.8) is 0 Å². The first-order valence-electron chi connectivity index (χ1n) is 9.92. The van der Waals surface area contributed by atoms with Gasteiger partial charge in [-0.2, -0.15) is 13.2 Å². The molecule has 3 aromatic rings. The number of carbonyl (C=O) groups is 1. The quantitative estimate of drug-likeness (QED) is 0.577. The van der Waals surface area contributed by atoms with E-state index in [4.69, 9.17) is 0 Å². The van der Waals surface area contributed by atoms with Crippen molar-refractivity contribution in [2.24, 2.45) is 0 Å². The predicted octanol–water partition coefficient (Wildman–Crippen LogP) is 4.43. The van der Waals surface area contributed by atoms with Gasteiger partial charge in [0.15, 0.2) is 0 Å². The monoisotopic (exact) mass is 416 g/mol. The summed E-state index contributed by atoms with van der Waals surface area (Å²) in [6, 6.07) is 15.2. The van der Waals surface area contributed by atoms with E-state index in [-0.39, 0.29) is 5.69 Å². The second kappa shape index (κ2) is 8.39. The highest BCUT2D eigenvalue weighted by molar-refractivity contribution is 5.95. The molecule has 0 unspecified atom stereocenters. The number of nitrogens with one attached hydrogen (secondary N) is 3. The van der Waals surface area contributed by atoms with E-state index in [0.717, 1.165) is 48.1 Å². The van der Waals surface area contributed by atoms with E-state index < -0.39 is 12.1 Å². The molecule has 1 amide bonds. The van der Waals surface area contributed by atoms with Crippen molar-refractivity contribution >= 4 is 28.2 Å². The van der Waals surface area contributed by atoms with E-state index in [2.05, 4.69) is 27.3 Å². The maximum absolute atomic E-state index is 12.6. The van der Waals surface area contributed by atoms with E-state index in [9.17, 15) is 18.0 Å². The summed E-state index contributed by atoms with van der Waals surface area (Å²) in [5.74, 6) is -1.97. The largest absolute Gasteiger partial charge is 0.471 e. The number of aromatic amines is 1. The highest BCUT2D eigenvalue weighted by Crippen LogP contribution is 2.28. The summed E-state index contributed by atoms with van der Waals surface area (Å²) in [6.45, 7) is 2.39. The van der Waals surface area contributed by atoms with Gasteiger partial charge in [0.2, 0.25) is 0 Å². The molecule has 1 aliphatic rings. The average Bonchev–Trinajstić information content (AvgIpc) is 3.20. The summed E-state index contributed by atoms with van der Waals surface area (Å²) in [5, 5.41) is 6.42. The molecule has 1 saturated heterocycles. The lowest BCUT2D eigenvalue weighted by atomic mass is 10.0. The molecule has 2 heterocycles. The first kappa shape index (κ1) is 20.3. The minimum atomic E-state index is -4.91. The van der Waals surface area contributed by atoms with Crippen molar-refractivity contribution in [3.05, 3.63) is 60.3 Å². The van der Waals surface area contributed by atoms with Gasteiger partial charge in [-0.3, -0.25) is 4.79 Å². The van der Waals surface area contributed by atoms with Crippen LogP contribution in [-0.2, 0) is 11.3 Å². The van der Waals surface area contributed by atoms with Gasteiger partial charge in [0.05, 0.1) is 0 Å². The number of nitrogens with zero attached hydrogens (tertiary/aromatic N) is 1. The van der Waals surface area contributed by atoms with Crippen LogP contribution in [0.1, 0.15) is 18.4 Å². The Labute approximate surface area is 172 Å². The van der Waals surface area contributed by atoms with Gasteiger partial charge in [0.25, 0.3) is 0 Å². The number of aromatic nitrogens is 1. The Morgan fingerprint density at radius 1 is 1.10 bits per heavy atom. The summed E-state index contributed by atoms with van der Waals surface area (Å²) >= 11 is 0. The number of H-pyrrole nitrogens is 1. The molecule has 0 spiro atoms. The minimum Gasteiger partial charge on any atom is -0.364 e. The van der Waals surface area contributed by atoms with Gasteiger partial charge in [-0.05, 0) is 67.9 Å². The van der Waals surface area contributed by atoms with Crippen LogP contribution in [-0.4, -0.2) is 36.2 Å². The zero-order chi connectivity index (χ0) is 21.1. The fraction of sp³-hybridized carbons (Fsp3) is 0.318. The Morgan fingerprint density at radius 2 is 1.90 bits per heavy atom. The molecule has 5 nitrogen and oxygen atoms in total. The third kappa shape index (κ3) is 4.59. The fourth-order valence-corrected chi connectivity index (χ4v) is 3.91. The number of fused-ring (bicyclic) bond motifs is 1. The molecule has 0 radical (unpaired) electrons. The predicted molar refractivity (Wildman–Crippen MR) is 112 cm³/mol. The molecule has 4 rings (SSSR count). The zero-order valence-corrected chi connectivity index (χ0v) is 16.3. The Kier molecular flexibility index (Phi) is 5.67. The molecule has 0 bridgehead atoms. The number of hydrogen-bond donors (Lipinski definition) is 3. The van der Waals surface area contributed by atoms with E-state index in [1.807, 2.05) is 29.7 Å². The Bertz CT molecular complexity index is 1020. The molecule has 30 heavy (non-hydrogen) atoms. The first-order chi connectivity index (χ1) is 14.4. The number of rotatable bonds is 5. The second-order valence-corrected chi connectivity index (χ2v) is 7.51. The van der Waals surface area contributed by atoms with E-state index in [1.165, 1.54) is 6.07 Å². The second-order valence-electron chi connectivity index (χ2n) is 7.51. The molecule has 1 aliphatic heterocycles. The number of benzene rings is 2. The number of carbonyl (C=O) groups excluding carboxylic acids is 1. The van der Waals surface area contributed by atoms with Crippen LogP contribution in [0.3, 0.4) is 0 Å². The molecule has 3 N–H and O–H groups in total. The van der Waals surface area contributed by atoms with Gasteiger partial charge in [-0.15, -0.1) is 0 Å². The minimum absolute atomic E-state index is 0.140. The topological polar surface area (TPSA) is 60.2 Å². The number of amides is 1. The zero-order valence-electron chi connectivity index (χ0n) is 16.3. The highest BCUT2D eigenvalue weighted by Gasteiger charge is 2.38. The van der Waals surface area contributed by atoms with Crippen LogP contribution >= 0.6 is 0 Å². The lowest BCUT2D eigenvalue weighted by Gasteiger charge is -2.36. The number of hydrogen-bond acceptors (Lipinski definition) is 3. The molecule has 8 heteroatoms. The summed E-state index contributed by atoms with van der Waals surface area (Å²) in [5.41, 5.74) is 3.10. The first-order valence-corrected chi connectivity index (χ1v) is 9.92. The number of piperidine rings is 1. The molecule has 1 aromatic heterocycles. The van der Waals surface area contributed by atoms with Gasteiger partial charge in [0, 0.05) is 41.1 Å². The summed E-state index contributed by atoms with van der Waals surface area (Å²) in [7, 11) is 0. The van der Waals surface area contributed by atoms with Crippen molar-refractivity contribution < 1.29 is 18.0 Å². The third-order valence-corrected chi connectivity index (χ3v) is 5.41. The Balaban J connectivity index is 1.60. The maximum atomic E-state index is 12.6. The normalized spacial score (nSPS) is 15.3. The van der Waals surface area contributed by atoms with Crippen molar-refractivity contribution in [3.8, 4) is 0 Å². The third-order valence-electron chi connectivity index (χ3n) is 5.41. The van der Waals surface area contributed by atoms with Crippen LogP contribution in [0.5, 0.6) is 0 Å². The van der Waals surface area contributed by atoms with Gasteiger partial charge in [-0.25, -0.2) is 0 Å². The van der Waals surface area contributed by atoms with Crippen LogP contribution < -0.4 is 15.5 Å². The van der Waals surface area contributed by atoms with Crippen LogP contribution in [0.25, 0.3) is 10.9 Å². The van der Waals surface area contributed by atoms with Crippen LogP contribution in [0.2, 0.25) is 0 Å². The molecular formula is C22H23F3N4O. The SMILES string of the molecule is O=C(Nc1cccc(CN(c2ccc3[nH]ccc3c2)C2CCNCC2)c1)C(F)(F)F. The summed E-state index contributed by atoms with van der Waals surface area (Å²) < 4.78 is 37.7. The van der Waals surface area contributed by atoms with Gasteiger partial charge < -0.3 is 20.5 Å². The highest BCUT2D eigenvalue weighted by atomic mass is 19.4. The number of halogens is 3. The molecule has 1 fully saturated rings. The van der Waals surface area contributed by atoms with Crippen molar-refractivity contribution in [1.29, 1.82) is 0 Å². The van der Waals surface area contributed by atoms with Crippen molar-refractivity contribution in [2.75, 3.05) is 23.3 Å². The van der Waals surface area contributed by atoms with E-state index in [0.29, 0.717) is 12.6 Å². The maximum Gasteiger partial charge on any atom is 0.471 e. The van der Waals surface area contributed by atoms with Crippen LogP contribution in [0.4, 0.5) is 24.5 Å². The van der Waals surface area contributed by atoms with Crippen LogP contribution in [0.15, 0.2) is 54.7 Å². The molecule has 0 atom stereocenters. The van der Waals surface area contributed by atoms with Crippen molar-refractivity contribution in [1.82, 2.24) is 10.3 Å². The average molecular weight is 416 g/mol. The van der Waals surface area contributed by atoms with Crippen molar-refractivity contribution in [2.45, 2.75) is 31.6 Å². The summed E-state index contributed by atoms with van der Waals surface area (Å²) in [6.07, 6.45) is -1.05. The van der Waals surface area contributed by atoms with Gasteiger partial charge in [-0.1, -0.05) is 12.1 Å². The standard InChI is InChI=1S/C22H23F3N4O/c23-22(24,25)21(30)28-17-3-1-2-15(12-17)14-29(18-7-9-26-10-8-18)19-4-5-20-16(13-19)6-11-27-20/h1-6,11-13,18,26-27H,7-10,14H2,(H,28,30). The smallest absolute Gasteiger partial charge is 0.364 e. The molecule has 2 aromatic carbocycles. The number of anilines is 2. The molecule has 0 saturated carbocycles. The Morgan fingerprint density at radius 3 is 2.67 bits per heavy atom. The molecule has 0 aliphatic carbocycles. The lowest BCUT2D eigenvalue weighted by Crippen LogP contribution is -2.43. The van der Waals surface area contributed by atoms with Crippen LogP contribution in [0, 0.1) is 0 Å². The number of alkyl halides is 3. The lowest BCUT2D eigenvalue weighted by molar-refractivity contribution is -0.167. The fourth-order valence-electron chi connectivity index (χ4n) is 3.91.